The quantitative estimate of drug-likeness (QED) is 0.863. The van der Waals surface area contributed by atoms with Crippen LogP contribution >= 0.6 is 11.6 Å². The summed E-state index contributed by atoms with van der Waals surface area (Å²) in [4.78, 5) is 0. The summed E-state index contributed by atoms with van der Waals surface area (Å²) < 4.78 is 0. The van der Waals surface area contributed by atoms with E-state index in [4.69, 9.17) is 11.6 Å². The van der Waals surface area contributed by atoms with Crippen LogP contribution in [0.25, 0.3) is 0 Å². The molecule has 0 unspecified atom stereocenters. The van der Waals surface area contributed by atoms with Crippen molar-refractivity contribution in [2.24, 2.45) is 0 Å². The highest BCUT2D eigenvalue weighted by molar-refractivity contribution is 6.30. The standard InChI is InChI=1S/C17H18ClN/c18-15-8-4-7-14(11-15)17-12-19-10-9-16(17)13-5-2-1-3-6-13/h1-8,11,16-17,19H,9-10,12H2/t16-,17-/m0/s1. The van der Waals surface area contributed by atoms with Crippen molar-refractivity contribution in [3.63, 3.8) is 0 Å². The van der Waals surface area contributed by atoms with Gasteiger partial charge in [-0.2, -0.15) is 0 Å². The predicted molar refractivity (Wildman–Crippen MR) is 80.9 cm³/mol. The first-order valence-electron chi connectivity index (χ1n) is 6.86. The van der Waals surface area contributed by atoms with Crippen LogP contribution in [-0.4, -0.2) is 13.1 Å². The van der Waals surface area contributed by atoms with Gasteiger partial charge in [-0.1, -0.05) is 54.1 Å². The van der Waals surface area contributed by atoms with E-state index in [1.807, 2.05) is 12.1 Å². The molecule has 2 heteroatoms. The van der Waals surface area contributed by atoms with Crippen molar-refractivity contribution in [3.05, 3.63) is 70.7 Å². The highest BCUT2D eigenvalue weighted by Crippen LogP contribution is 2.37. The fourth-order valence-electron chi connectivity index (χ4n) is 3.05. The molecule has 1 nitrogen and oxygen atoms in total. The van der Waals surface area contributed by atoms with Crippen LogP contribution in [0, 0.1) is 0 Å². The van der Waals surface area contributed by atoms with Gasteiger partial charge in [-0.05, 0) is 42.1 Å². The maximum atomic E-state index is 6.14. The van der Waals surface area contributed by atoms with Crippen molar-refractivity contribution < 1.29 is 0 Å². The molecule has 1 fully saturated rings. The molecule has 0 aliphatic carbocycles. The second-order valence-electron chi connectivity index (χ2n) is 5.17. The lowest BCUT2D eigenvalue weighted by Crippen LogP contribution is -2.34. The SMILES string of the molecule is Clc1cccc([C@@H]2CNCC[C@H]2c2ccccc2)c1. The molecular weight excluding hydrogens is 254 g/mol. The Morgan fingerprint density at radius 3 is 2.47 bits per heavy atom. The number of rotatable bonds is 2. The summed E-state index contributed by atoms with van der Waals surface area (Å²) >= 11 is 6.14. The topological polar surface area (TPSA) is 12.0 Å². The van der Waals surface area contributed by atoms with Crippen LogP contribution in [0.15, 0.2) is 54.6 Å². The van der Waals surface area contributed by atoms with Crippen LogP contribution < -0.4 is 5.32 Å². The average molecular weight is 272 g/mol. The van der Waals surface area contributed by atoms with E-state index in [-0.39, 0.29) is 0 Å². The molecule has 2 aromatic rings. The van der Waals surface area contributed by atoms with E-state index in [2.05, 4.69) is 47.8 Å². The molecule has 2 atom stereocenters. The highest BCUT2D eigenvalue weighted by Gasteiger charge is 2.27. The van der Waals surface area contributed by atoms with E-state index >= 15 is 0 Å². The molecule has 98 valence electrons. The van der Waals surface area contributed by atoms with Crippen LogP contribution in [0.1, 0.15) is 29.4 Å². The first-order valence-corrected chi connectivity index (χ1v) is 7.23. The van der Waals surface area contributed by atoms with Gasteiger partial charge in [0, 0.05) is 17.5 Å². The summed E-state index contributed by atoms with van der Waals surface area (Å²) in [6, 6.07) is 19.1. The lowest BCUT2D eigenvalue weighted by atomic mass is 9.77. The molecule has 1 heterocycles. The van der Waals surface area contributed by atoms with E-state index in [1.54, 1.807) is 0 Å². The largest absolute Gasteiger partial charge is 0.316 e. The third-order valence-corrected chi connectivity index (χ3v) is 4.22. The lowest BCUT2D eigenvalue weighted by molar-refractivity contribution is 0.404. The van der Waals surface area contributed by atoms with Gasteiger partial charge in [0.25, 0.3) is 0 Å². The van der Waals surface area contributed by atoms with Gasteiger partial charge in [0.15, 0.2) is 0 Å². The van der Waals surface area contributed by atoms with Crippen molar-refractivity contribution >= 4 is 11.6 Å². The number of hydrogen-bond donors (Lipinski definition) is 1. The number of nitrogens with one attached hydrogen (secondary N) is 1. The summed E-state index contributed by atoms with van der Waals surface area (Å²) in [5.74, 6) is 1.09. The van der Waals surface area contributed by atoms with Crippen LogP contribution in [0.4, 0.5) is 0 Å². The van der Waals surface area contributed by atoms with Crippen LogP contribution in [0.5, 0.6) is 0 Å². The van der Waals surface area contributed by atoms with Gasteiger partial charge in [-0.25, -0.2) is 0 Å². The second kappa shape index (κ2) is 5.77. The molecule has 2 aromatic carbocycles. The van der Waals surface area contributed by atoms with E-state index in [0.717, 1.165) is 18.1 Å². The summed E-state index contributed by atoms with van der Waals surface area (Å²) in [6.07, 6.45) is 1.18. The molecule has 0 bridgehead atoms. The molecule has 0 spiro atoms. The second-order valence-corrected chi connectivity index (χ2v) is 5.61. The molecule has 0 saturated carbocycles. The molecule has 0 amide bonds. The monoisotopic (exact) mass is 271 g/mol. The van der Waals surface area contributed by atoms with Gasteiger partial charge in [0.2, 0.25) is 0 Å². The smallest absolute Gasteiger partial charge is 0.0408 e. The van der Waals surface area contributed by atoms with Crippen LogP contribution in [0.2, 0.25) is 5.02 Å². The first-order chi connectivity index (χ1) is 9.34. The zero-order valence-corrected chi connectivity index (χ0v) is 11.6. The Bertz CT molecular complexity index is 538. The third-order valence-electron chi connectivity index (χ3n) is 3.99. The van der Waals surface area contributed by atoms with Crippen LogP contribution in [-0.2, 0) is 0 Å². The Morgan fingerprint density at radius 2 is 1.68 bits per heavy atom. The molecule has 1 aliphatic heterocycles. The summed E-state index contributed by atoms with van der Waals surface area (Å²) in [5.41, 5.74) is 2.78. The average Bonchev–Trinajstić information content (AvgIpc) is 2.48. The number of benzene rings is 2. The maximum Gasteiger partial charge on any atom is 0.0408 e. The minimum Gasteiger partial charge on any atom is -0.316 e. The number of hydrogen-bond acceptors (Lipinski definition) is 1. The molecule has 0 radical (unpaired) electrons. The summed E-state index contributed by atoms with van der Waals surface area (Å²) in [5, 5.41) is 4.34. The van der Waals surface area contributed by atoms with Gasteiger partial charge in [0.05, 0.1) is 0 Å². The molecule has 1 N–H and O–H groups in total. The van der Waals surface area contributed by atoms with Crippen molar-refractivity contribution in [1.29, 1.82) is 0 Å². The highest BCUT2D eigenvalue weighted by atomic mass is 35.5. The van der Waals surface area contributed by atoms with E-state index in [1.165, 1.54) is 17.5 Å². The van der Waals surface area contributed by atoms with Gasteiger partial charge >= 0.3 is 0 Å². The Morgan fingerprint density at radius 1 is 0.895 bits per heavy atom. The van der Waals surface area contributed by atoms with Crippen molar-refractivity contribution in [2.45, 2.75) is 18.3 Å². The molecule has 19 heavy (non-hydrogen) atoms. The Kier molecular flexibility index (Phi) is 3.86. The Hall–Kier alpha value is -1.31. The lowest BCUT2D eigenvalue weighted by Gasteiger charge is -2.33. The Balaban J connectivity index is 1.93. The minimum absolute atomic E-state index is 0.509. The van der Waals surface area contributed by atoms with E-state index in [9.17, 15) is 0 Å². The number of piperidine rings is 1. The predicted octanol–water partition coefficient (Wildman–Crippen LogP) is 4.20. The maximum absolute atomic E-state index is 6.14. The molecule has 1 aliphatic rings. The van der Waals surface area contributed by atoms with Crippen molar-refractivity contribution in [2.75, 3.05) is 13.1 Å². The third kappa shape index (κ3) is 2.83. The van der Waals surface area contributed by atoms with Crippen LogP contribution in [0.3, 0.4) is 0 Å². The van der Waals surface area contributed by atoms with Crippen molar-refractivity contribution in [3.8, 4) is 0 Å². The van der Waals surface area contributed by atoms with Gasteiger partial charge < -0.3 is 5.32 Å². The summed E-state index contributed by atoms with van der Waals surface area (Å²) in [6.45, 7) is 2.12. The molecule has 0 aromatic heterocycles. The molecule has 3 rings (SSSR count). The first kappa shape index (κ1) is 12.7. The van der Waals surface area contributed by atoms with Gasteiger partial charge in [-0.15, -0.1) is 0 Å². The van der Waals surface area contributed by atoms with Crippen molar-refractivity contribution in [1.82, 2.24) is 5.32 Å². The zero-order valence-electron chi connectivity index (χ0n) is 10.9. The Labute approximate surface area is 119 Å². The normalized spacial score (nSPS) is 23.2. The molecular formula is C17H18ClN. The fourth-order valence-corrected chi connectivity index (χ4v) is 3.24. The van der Waals surface area contributed by atoms with Gasteiger partial charge in [0.1, 0.15) is 0 Å². The van der Waals surface area contributed by atoms with Gasteiger partial charge in [-0.3, -0.25) is 0 Å². The minimum atomic E-state index is 0.509. The zero-order chi connectivity index (χ0) is 13.1. The van der Waals surface area contributed by atoms with E-state index < -0.39 is 0 Å². The fraction of sp³-hybridized carbons (Fsp3) is 0.294. The summed E-state index contributed by atoms with van der Waals surface area (Å²) in [7, 11) is 0. The number of halogens is 1. The van der Waals surface area contributed by atoms with E-state index in [0.29, 0.717) is 11.8 Å². The molecule has 1 saturated heterocycles.